The van der Waals surface area contributed by atoms with Gasteiger partial charge in [0.1, 0.15) is 0 Å². The number of hydrogen-bond acceptors (Lipinski definition) is 4. The highest BCUT2D eigenvalue weighted by Crippen LogP contribution is 2.39. The molecule has 98 valence electrons. The second-order valence-corrected chi connectivity index (χ2v) is 3.87. The van der Waals surface area contributed by atoms with Gasteiger partial charge in [-0.05, 0) is 17.7 Å². The molecule has 1 aromatic carbocycles. The highest BCUT2D eigenvalue weighted by molar-refractivity contribution is 5.77. The van der Waals surface area contributed by atoms with Gasteiger partial charge in [0.15, 0.2) is 11.5 Å². The van der Waals surface area contributed by atoms with Crippen LogP contribution < -0.4 is 24.8 Å². The maximum absolute atomic E-state index is 11.1. The second kappa shape index (κ2) is 5.03. The Labute approximate surface area is 105 Å². The van der Waals surface area contributed by atoms with Gasteiger partial charge in [-0.2, -0.15) is 0 Å². The Hall–Kier alpha value is -2.11. The molecule has 1 heterocycles. The highest BCUT2D eigenvalue weighted by atomic mass is 16.5. The molecule has 0 bridgehead atoms. The first kappa shape index (κ1) is 12.3. The van der Waals surface area contributed by atoms with E-state index in [2.05, 4.69) is 10.6 Å². The van der Waals surface area contributed by atoms with Crippen molar-refractivity contribution in [2.45, 2.75) is 6.04 Å². The van der Waals surface area contributed by atoms with E-state index in [1.165, 1.54) is 0 Å². The summed E-state index contributed by atoms with van der Waals surface area (Å²) in [6.07, 6.45) is 0. The van der Waals surface area contributed by atoms with Crippen LogP contribution in [0.4, 0.5) is 4.79 Å². The number of hydrogen-bond donors (Lipinski definition) is 2. The number of rotatable bonds is 4. The predicted molar refractivity (Wildman–Crippen MR) is 65.4 cm³/mol. The van der Waals surface area contributed by atoms with Crippen molar-refractivity contribution in [3.05, 3.63) is 17.7 Å². The van der Waals surface area contributed by atoms with Crippen LogP contribution in [0.5, 0.6) is 17.2 Å². The van der Waals surface area contributed by atoms with Gasteiger partial charge in [0.2, 0.25) is 5.75 Å². The van der Waals surface area contributed by atoms with E-state index in [4.69, 9.17) is 14.2 Å². The van der Waals surface area contributed by atoms with E-state index in [-0.39, 0.29) is 12.1 Å². The smallest absolute Gasteiger partial charge is 0.315 e. The third-order valence-corrected chi connectivity index (χ3v) is 2.86. The quantitative estimate of drug-likeness (QED) is 0.841. The summed E-state index contributed by atoms with van der Waals surface area (Å²) in [5, 5.41) is 5.52. The molecule has 6 nitrogen and oxygen atoms in total. The summed E-state index contributed by atoms with van der Waals surface area (Å²) in [6.45, 7) is 0.539. The number of carbonyl (C=O) groups is 1. The second-order valence-electron chi connectivity index (χ2n) is 3.87. The van der Waals surface area contributed by atoms with Crippen LogP contribution in [0.15, 0.2) is 12.1 Å². The van der Waals surface area contributed by atoms with Crippen molar-refractivity contribution < 1.29 is 19.0 Å². The molecule has 2 rings (SSSR count). The van der Waals surface area contributed by atoms with Crippen LogP contribution in [-0.2, 0) is 0 Å². The molecule has 1 aliphatic rings. The Balaban J connectivity index is 2.40. The SMILES string of the molecule is COc1cc([C@H]2CNC(=O)N2)cc(OC)c1OC. The molecule has 1 fully saturated rings. The van der Waals surface area contributed by atoms with Crippen molar-refractivity contribution >= 4 is 6.03 Å². The Morgan fingerprint density at radius 2 is 1.72 bits per heavy atom. The van der Waals surface area contributed by atoms with E-state index < -0.39 is 0 Å². The molecule has 0 spiro atoms. The first-order chi connectivity index (χ1) is 8.69. The molecule has 18 heavy (non-hydrogen) atoms. The zero-order valence-corrected chi connectivity index (χ0v) is 10.6. The molecule has 6 heteroatoms. The Kier molecular flexibility index (Phi) is 3.45. The molecule has 0 saturated carbocycles. The minimum atomic E-state index is -0.172. The van der Waals surface area contributed by atoms with Crippen LogP contribution in [0.2, 0.25) is 0 Å². The minimum Gasteiger partial charge on any atom is -0.493 e. The highest BCUT2D eigenvalue weighted by Gasteiger charge is 2.24. The van der Waals surface area contributed by atoms with Gasteiger partial charge in [0, 0.05) is 6.54 Å². The van der Waals surface area contributed by atoms with Gasteiger partial charge in [-0.1, -0.05) is 0 Å². The van der Waals surface area contributed by atoms with E-state index in [0.717, 1.165) is 5.56 Å². The lowest BCUT2D eigenvalue weighted by molar-refractivity contribution is 0.247. The first-order valence-corrected chi connectivity index (χ1v) is 5.54. The largest absolute Gasteiger partial charge is 0.493 e. The summed E-state index contributed by atoms with van der Waals surface area (Å²) in [5.74, 6) is 1.70. The third-order valence-electron chi connectivity index (χ3n) is 2.86. The Bertz CT molecular complexity index is 436. The zero-order valence-electron chi connectivity index (χ0n) is 10.6. The standard InChI is InChI=1S/C12H16N2O4/c1-16-9-4-7(8-6-13-12(15)14-8)5-10(17-2)11(9)18-3/h4-5,8H,6H2,1-3H3,(H2,13,14,15)/t8-/m1/s1. The van der Waals surface area contributed by atoms with Crippen LogP contribution in [0.25, 0.3) is 0 Å². The molecule has 1 aliphatic heterocycles. The molecular formula is C12H16N2O4. The lowest BCUT2D eigenvalue weighted by atomic mass is 10.1. The zero-order chi connectivity index (χ0) is 13.1. The fraction of sp³-hybridized carbons (Fsp3) is 0.417. The number of carbonyl (C=O) groups excluding carboxylic acids is 1. The van der Waals surface area contributed by atoms with Crippen molar-refractivity contribution in [2.24, 2.45) is 0 Å². The topological polar surface area (TPSA) is 68.8 Å². The van der Waals surface area contributed by atoms with Crippen LogP contribution in [0.1, 0.15) is 11.6 Å². The summed E-state index contributed by atoms with van der Waals surface area (Å²) in [6, 6.07) is 3.40. The van der Waals surface area contributed by atoms with Gasteiger partial charge in [-0.15, -0.1) is 0 Å². The van der Waals surface area contributed by atoms with E-state index in [1.807, 2.05) is 12.1 Å². The summed E-state index contributed by atoms with van der Waals surface area (Å²) in [4.78, 5) is 11.1. The average molecular weight is 252 g/mol. The summed E-state index contributed by atoms with van der Waals surface area (Å²) < 4.78 is 15.8. The van der Waals surface area contributed by atoms with Crippen molar-refractivity contribution in [3.8, 4) is 17.2 Å². The Morgan fingerprint density at radius 1 is 1.11 bits per heavy atom. The molecule has 2 amide bonds. The normalized spacial score (nSPS) is 17.9. The lowest BCUT2D eigenvalue weighted by Gasteiger charge is -2.16. The van der Waals surface area contributed by atoms with Crippen LogP contribution in [0, 0.1) is 0 Å². The van der Waals surface area contributed by atoms with Gasteiger partial charge in [-0.25, -0.2) is 4.79 Å². The van der Waals surface area contributed by atoms with Gasteiger partial charge < -0.3 is 24.8 Å². The molecular weight excluding hydrogens is 236 g/mol. The third kappa shape index (κ3) is 2.13. The fourth-order valence-electron chi connectivity index (χ4n) is 1.96. The molecule has 0 unspecified atom stereocenters. The monoisotopic (exact) mass is 252 g/mol. The molecule has 1 aromatic rings. The van der Waals surface area contributed by atoms with Crippen molar-refractivity contribution in [3.63, 3.8) is 0 Å². The number of ether oxygens (including phenoxy) is 3. The van der Waals surface area contributed by atoms with Gasteiger partial charge in [0.05, 0.1) is 27.4 Å². The van der Waals surface area contributed by atoms with Crippen molar-refractivity contribution in [1.82, 2.24) is 10.6 Å². The molecule has 0 radical (unpaired) electrons. The van der Waals surface area contributed by atoms with Gasteiger partial charge in [0.25, 0.3) is 0 Å². The van der Waals surface area contributed by atoms with Crippen LogP contribution in [-0.4, -0.2) is 33.9 Å². The van der Waals surface area contributed by atoms with Crippen LogP contribution >= 0.6 is 0 Å². The maximum Gasteiger partial charge on any atom is 0.315 e. The number of nitrogens with one attached hydrogen (secondary N) is 2. The van der Waals surface area contributed by atoms with E-state index >= 15 is 0 Å². The number of urea groups is 1. The molecule has 0 aliphatic carbocycles. The van der Waals surface area contributed by atoms with Crippen LogP contribution in [0.3, 0.4) is 0 Å². The van der Waals surface area contributed by atoms with Gasteiger partial charge >= 0.3 is 6.03 Å². The molecule has 2 N–H and O–H groups in total. The number of methoxy groups -OCH3 is 3. The van der Waals surface area contributed by atoms with E-state index in [0.29, 0.717) is 23.8 Å². The van der Waals surface area contributed by atoms with Gasteiger partial charge in [-0.3, -0.25) is 0 Å². The number of benzene rings is 1. The molecule has 0 aromatic heterocycles. The van der Waals surface area contributed by atoms with E-state index in [9.17, 15) is 4.79 Å². The Morgan fingerprint density at radius 3 is 2.11 bits per heavy atom. The lowest BCUT2D eigenvalue weighted by Crippen LogP contribution is -2.21. The predicted octanol–water partition coefficient (Wildman–Crippen LogP) is 1.07. The van der Waals surface area contributed by atoms with Crippen molar-refractivity contribution in [2.75, 3.05) is 27.9 Å². The van der Waals surface area contributed by atoms with Crippen molar-refractivity contribution in [1.29, 1.82) is 0 Å². The maximum atomic E-state index is 11.1. The fourth-order valence-corrected chi connectivity index (χ4v) is 1.96. The molecule has 1 saturated heterocycles. The average Bonchev–Trinajstić information content (AvgIpc) is 2.83. The van der Waals surface area contributed by atoms with E-state index in [1.54, 1.807) is 21.3 Å². The summed E-state index contributed by atoms with van der Waals surface area (Å²) in [7, 11) is 4.68. The minimum absolute atomic E-state index is 0.0915. The first-order valence-electron chi connectivity index (χ1n) is 5.54. The molecule has 1 atom stereocenters. The number of amides is 2. The summed E-state index contributed by atoms with van der Waals surface area (Å²) in [5.41, 5.74) is 0.905. The summed E-state index contributed by atoms with van der Waals surface area (Å²) >= 11 is 0.